The summed E-state index contributed by atoms with van der Waals surface area (Å²) in [6.07, 6.45) is -6.27. The van der Waals surface area contributed by atoms with E-state index < -0.39 is 30.1 Å². The van der Waals surface area contributed by atoms with Gasteiger partial charge in [0.05, 0.1) is 46.2 Å². The first-order chi connectivity index (χ1) is 26.6. The highest BCUT2D eigenvalue weighted by atomic mass is 35.5. The summed E-state index contributed by atoms with van der Waals surface area (Å²) in [6.45, 7) is 4.52. The van der Waals surface area contributed by atoms with Gasteiger partial charge in [0.15, 0.2) is 5.82 Å². The minimum atomic E-state index is -5.08. The lowest BCUT2D eigenvalue weighted by atomic mass is 9.90. The van der Waals surface area contributed by atoms with Crippen LogP contribution in [0.25, 0.3) is 43.7 Å². The van der Waals surface area contributed by atoms with Crippen LogP contribution in [-0.2, 0) is 9.59 Å². The van der Waals surface area contributed by atoms with Gasteiger partial charge in [0.2, 0.25) is 0 Å². The molecule has 0 radical (unpaired) electrons. The van der Waals surface area contributed by atoms with Gasteiger partial charge in [0, 0.05) is 40.5 Å². The van der Waals surface area contributed by atoms with Crippen molar-refractivity contribution in [1.29, 1.82) is 5.26 Å². The Kier molecular flexibility index (Phi) is 12.5. The third kappa shape index (κ3) is 8.96. The largest absolute Gasteiger partial charge is 0.490 e. The van der Waals surface area contributed by atoms with Crippen molar-refractivity contribution in [3.05, 3.63) is 64.5 Å². The Morgan fingerprint density at radius 1 is 1.02 bits per heavy atom. The standard InChI is InChI=1S/C33H32Cl2FN7.2C2HF3O2/c1-33(41(2)3)17-42(18-33)32-24-16-39-43(21-11-13-38-20(14-21)10-12-37)31(24)23-15-26(35)28(29(36)30(23)40-32)22-8-4-6-19-7-5-9-25(34)27(19)22;2*3-2(4,5)1(6)7/h4-9,15-16,20-21,38H,10-11,13-14,17-18H2,1-3H3;2*(H,6,7)/t20-,21+;;/m1../s1. The summed E-state index contributed by atoms with van der Waals surface area (Å²) < 4.78 is 82.5. The third-order valence-electron chi connectivity index (χ3n) is 9.90. The molecule has 0 aliphatic carbocycles. The Bertz CT molecular complexity index is 2350. The molecule has 0 unspecified atom stereocenters. The average molecular weight is 845 g/mol. The number of nitriles is 1. The molecule has 4 heterocycles. The van der Waals surface area contributed by atoms with E-state index in [1.807, 2.05) is 53.3 Å². The maximum absolute atomic E-state index is 17.0. The van der Waals surface area contributed by atoms with Crippen LogP contribution in [0.3, 0.4) is 0 Å². The van der Waals surface area contributed by atoms with E-state index in [0.29, 0.717) is 22.4 Å². The van der Waals surface area contributed by atoms with Gasteiger partial charge in [-0.25, -0.2) is 19.0 Å². The zero-order chi connectivity index (χ0) is 42.2. The smallest absolute Gasteiger partial charge is 0.475 e. The number of fused-ring (bicyclic) bond motifs is 4. The summed E-state index contributed by atoms with van der Waals surface area (Å²) >= 11 is 13.6. The van der Waals surface area contributed by atoms with Gasteiger partial charge < -0.3 is 25.3 Å². The Morgan fingerprint density at radius 3 is 2.18 bits per heavy atom. The van der Waals surface area contributed by atoms with Crippen molar-refractivity contribution in [3.8, 4) is 17.2 Å². The van der Waals surface area contributed by atoms with E-state index in [9.17, 15) is 31.6 Å². The number of likely N-dealkylation sites (N-methyl/N-ethyl adjacent to an activating group) is 1. The number of piperidine rings is 1. The van der Waals surface area contributed by atoms with E-state index in [1.54, 1.807) is 0 Å². The van der Waals surface area contributed by atoms with Crippen LogP contribution in [0.4, 0.5) is 36.6 Å². The topological polar surface area (TPSA) is 148 Å². The molecule has 2 aromatic heterocycles. The summed E-state index contributed by atoms with van der Waals surface area (Å²) in [6, 6.07) is 15.6. The highest BCUT2D eigenvalue weighted by molar-refractivity contribution is 6.38. The third-order valence-corrected chi connectivity index (χ3v) is 10.5. The minimum absolute atomic E-state index is 0.0120. The number of benzene rings is 3. The summed E-state index contributed by atoms with van der Waals surface area (Å²) in [4.78, 5) is 27.2. The number of alkyl halides is 6. The van der Waals surface area contributed by atoms with Crippen LogP contribution in [0, 0.1) is 17.1 Å². The molecular formula is C37H34Cl2F7N7O4. The molecule has 2 saturated heterocycles. The highest BCUT2D eigenvalue weighted by Crippen LogP contribution is 2.45. The molecule has 2 fully saturated rings. The normalized spacial score (nSPS) is 18.0. The van der Waals surface area contributed by atoms with Crippen molar-refractivity contribution < 1.29 is 50.5 Å². The molecule has 20 heteroatoms. The highest BCUT2D eigenvalue weighted by Gasteiger charge is 2.43. The SMILES string of the molecule is CN(C)C1(C)CN(c2nc3c(F)c(-c4cccc5cccc(Cl)c45)c(Cl)cc3c3c2cnn3[C@H]2CCN[C@H](CC#N)C2)C1.O=C(O)C(F)(F)F.O=C(O)C(F)(F)F. The number of aliphatic carboxylic acids is 2. The molecule has 11 nitrogen and oxygen atoms in total. The maximum atomic E-state index is 17.0. The second-order valence-electron chi connectivity index (χ2n) is 13.9. The van der Waals surface area contributed by atoms with Gasteiger partial charge in [-0.3, -0.25) is 4.68 Å². The van der Waals surface area contributed by atoms with Crippen molar-refractivity contribution in [2.75, 3.05) is 38.6 Å². The van der Waals surface area contributed by atoms with Crippen LogP contribution in [0.15, 0.2) is 48.7 Å². The van der Waals surface area contributed by atoms with Crippen molar-refractivity contribution in [2.45, 2.75) is 56.2 Å². The predicted octanol–water partition coefficient (Wildman–Crippen LogP) is 8.46. The first-order valence-electron chi connectivity index (χ1n) is 17.1. The number of carboxylic acids is 2. The van der Waals surface area contributed by atoms with E-state index >= 15 is 4.39 Å². The van der Waals surface area contributed by atoms with Crippen LogP contribution in [0.2, 0.25) is 10.0 Å². The summed E-state index contributed by atoms with van der Waals surface area (Å²) in [5.41, 5.74) is 1.99. The number of nitrogens with one attached hydrogen (secondary N) is 1. The van der Waals surface area contributed by atoms with Gasteiger partial charge in [-0.15, -0.1) is 0 Å². The van der Waals surface area contributed by atoms with E-state index in [0.717, 1.165) is 60.0 Å². The molecule has 57 heavy (non-hydrogen) atoms. The van der Waals surface area contributed by atoms with E-state index in [4.69, 9.17) is 53.1 Å². The first-order valence-corrected chi connectivity index (χ1v) is 17.8. The zero-order valence-electron chi connectivity index (χ0n) is 30.3. The molecule has 3 N–H and O–H groups in total. The molecule has 304 valence electrons. The van der Waals surface area contributed by atoms with Gasteiger partial charge in [0.25, 0.3) is 0 Å². The van der Waals surface area contributed by atoms with E-state index in [-0.39, 0.29) is 33.7 Å². The van der Waals surface area contributed by atoms with Crippen LogP contribution in [0.5, 0.6) is 0 Å². The lowest BCUT2D eigenvalue weighted by Gasteiger charge is -2.52. The molecule has 0 saturated carbocycles. The number of carboxylic acid groups (broad SMARTS) is 2. The zero-order valence-corrected chi connectivity index (χ0v) is 31.8. The molecule has 2 atom stereocenters. The molecule has 3 aromatic carbocycles. The van der Waals surface area contributed by atoms with E-state index in [2.05, 4.69) is 42.2 Å². The second-order valence-corrected chi connectivity index (χ2v) is 14.7. The Hall–Kier alpha value is -4.96. The fraction of sp³-hybridized carbons (Fsp3) is 0.378. The molecule has 5 aromatic rings. The maximum Gasteiger partial charge on any atom is 0.490 e. The fourth-order valence-corrected chi connectivity index (χ4v) is 7.39. The summed E-state index contributed by atoms with van der Waals surface area (Å²) in [5, 5.41) is 35.9. The number of hydrogen-bond acceptors (Lipinski definition) is 8. The minimum Gasteiger partial charge on any atom is -0.475 e. The van der Waals surface area contributed by atoms with Crippen LogP contribution in [0.1, 0.15) is 32.2 Å². The first kappa shape index (κ1) is 43.2. The number of aromatic nitrogens is 3. The van der Waals surface area contributed by atoms with Crippen LogP contribution in [-0.4, -0.2) is 99.5 Å². The van der Waals surface area contributed by atoms with Crippen molar-refractivity contribution in [1.82, 2.24) is 25.0 Å². The molecule has 7 rings (SSSR count). The number of rotatable bonds is 5. The molecule has 0 spiro atoms. The quantitative estimate of drug-likeness (QED) is 0.147. The van der Waals surface area contributed by atoms with Crippen LogP contribution < -0.4 is 10.2 Å². The van der Waals surface area contributed by atoms with Gasteiger partial charge in [-0.05, 0) is 63.5 Å². The Labute approximate surface area is 330 Å². The number of halogens is 9. The molecule has 2 aliphatic heterocycles. The number of carbonyl (C=O) groups is 2. The van der Waals surface area contributed by atoms with Crippen molar-refractivity contribution in [3.63, 3.8) is 0 Å². The predicted molar refractivity (Wildman–Crippen MR) is 200 cm³/mol. The summed E-state index contributed by atoms with van der Waals surface area (Å²) in [5.74, 6) is -5.27. The van der Waals surface area contributed by atoms with Crippen molar-refractivity contribution >= 4 is 73.5 Å². The lowest BCUT2D eigenvalue weighted by Crippen LogP contribution is -2.67. The number of hydrogen-bond donors (Lipinski definition) is 3. The second kappa shape index (κ2) is 16.5. The van der Waals surface area contributed by atoms with Gasteiger partial charge in [-0.2, -0.15) is 36.7 Å². The molecular weight excluding hydrogens is 810 g/mol. The lowest BCUT2D eigenvalue weighted by molar-refractivity contribution is -0.193. The van der Waals surface area contributed by atoms with Gasteiger partial charge in [0.1, 0.15) is 11.3 Å². The fourth-order valence-electron chi connectivity index (χ4n) is 6.81. The van der Waals surface area contributed by atoms with E-state index in [1.165, 1.54) is 0 Å². The Morgan fingerprint density at radius 2 is 1.61 bits per heavy atom. The number of anilines is 1. The monoisotopic (exact) mass is 843 g/mol. The van der Waals surface area contributed by atoms with Crippen LogP contribution >= 0.6 is 23.2 Å². The molecule has 0 amide bonds. The molecule has 0 bridgehead atoms. The van der Waals surface area contributed by atoms with Crippen molar-refractivity contribution in [2.24, 2.45) is 0 Å². The number of nitrogens with zero attached hydrogens (tertiary/aromatic N) is 6. The van der Waals surface area contributed by atoms with Gasteiger partial charge in [-0.1, -0.05) is 53.5 Å². The molecule has 2 aliphatic rings. The summed E-state index contributed by atoms with van der Waals surface area (Å²) in [7, 11) is 4.16. The Balaban J connectivity index is 0.000000380. The average Bonchev–Trinajstić information content (AvgIpc) is 3.56. The van der Waals surface area contributed by atoms with Gasteiger partial charge >= 0.3 is 24.3 Å². The number of pyridine rings is 1.